The predicted molar refractivity (Wildman–Crippen MR) is 90.9 cm³/mol. The van der Waals surface area contributed by atoms with Crippen LogP contribution in [0.1, 0.15) is 22.4 Å². The highest BCUT2D eigenvalue weighted by Gasteiger charge is 2.23. The monoisotopic (exact) mass is 331 g/mol. The molecule has 2 amide bonds. The maximum atomic E-state index is 12.2. The van der Waals surface area contributed by atoms with E-state index in [1.165, 1.54) is 10.4 Å². The topological polar surface area (TPSA) is 54.5 Å². The molecule has 0 radical (unpaired) electrons. The van der Waals surface area contributed by atoms with Gasteiger partial charge in [-0.2, -0.15) is 0 Å². The minimum absolute atomic E-state index is 0.0105. The minimum atomic E-state index is -0.0993. The number of urea groups is 1. The number of aryl methyl sites for hydroxylation is 1. The van der Waals surface area contributed by atoms with Crippen LogP contribution in [0, 0.1) is 0 Å². The van der Waals surface area contributed by atoms with E-state index in [2.05, 4.69) is 23.3 Å². The van der Waals surface area contributed by atoms with E-state index in [9.17, 15) is 4.79 Å². The second-order valence-electron chi connectivity index (χ2n) is 5.67. The van der Waals surface area contributed by atoms with Crippen molar-refractivity contribution in [3.63, 3.8) is 0 Å². The average molecular weight is 331 g/mol. The first-order valence-electron chi connectivity index (χ1n) is 7.82. The number of nitrogens with one attached hydrogen (secondary N) is 1. The Bertz CT molecular complexity index is 661. The number of hydrogen-bond donors (Lipinski definition) is 1. The first-order valence-corrected chi connectivity index (χ1v) is 8.64. The molecule has 0 bridgehead atoms. The van der Waals surface area contributed by atoms with Crippen LogP contribution in [0.25, 0.3) is 0 Å². The third kappa shape index (κ3) is 3.82. The molecule has 2 heterocycles. The number of ether oxygens (including phenoxy) is 1. The van der Waals surface area contributed by atoms with E-state index in [1.54, 1.807) is 23.3 Å². The number of thiazole rings is 1. The van der Waals surface area contributed by atoms with Crippen LogP contribution in [0.4, 0.5) is 4.79 Å². The lowest BCUT2D eigenvalue weighted by Crippen LogP contribution is -2.41. The maximum Gasteiger partial charge on any atom is 0.317 e. The van der Waals surface area contributed by atoms with Crippen LogP contribution in [0.5, 0.6) is 5.75 Å². The summed E-state index contributed by atoms with van der Waals surface area (Å²) in [6.07, 6.45) is 3.71. The number of fused-ring (bicyclic) bond motifs is 1. The van der Waals surface area contributed by atoms with Gasteiger partial charge in [0.2, 0.25) is 0 Å². The van der Waals surface area contributed by atoms with Crippen LogP contribution in [0.3, 0.4) is 0 Å². The molecule has 23 heavy (non-hydrogen) atoms. The molecule has 0 fully saturated rings. The van der Waals surface area contributed by atoms with E-state index < -0.39 is 0 Å². The Labute approximate surface area is 140 Å². The van der Waals surface area contributed by atoms with Gasteiger partial charge in [0.15, 0.2) is 0 Å². The summed E-state index contributed by atoms with van der Waals surface area (Å²) in [7, 11) is 1.78. The molecule has 1 atom stereocenters. The summed E-state index contributed by atoms with van der Waals surface area (Å²) >= 11 is 1.66. The summed E-state index contributed by atoms with van der Waals surface area (Å²) < 4.78 is 5.83. The van der Waals surface area contributed by atoms with Crippen molar-refractivity contribution in [3.8, 4) is 5.75 Å². The Balaban J connectivity index is 1.46. The lowest BCUT2D eigenvalue weighted by atomic mass is 10.1. The lowest BCUT2D eigenvalue weighted by Gasteiger charge is -2.18. The van der Waals surface area contributed by atoms with Gasteiger partial charge in [0.25, 0.3) is 0 Å². The molecule has 0 unspecified atom stereocenters. The van der Waals surface area contributed by atoms with Crippen LogP contribution >= 0.6 is 11.3 Å². The standard InChI is InChI=1S/C17H21N3O2S/c1-3-14-10-18-16(23-14)11-20(2)17(21)19-9-13-8-12-6-4-5-7-15(12)22-13/h4-7,10,13H,3,8-9,11H2,1-2H3,(H,19,21)/t13-/m0/s1. The van der Waals surface area contributed by atoms with Gasteiger partial charge in [-0.3, -0.25) is 0 Å². The van der Waals surface area contributed by atoms with Gasteiger partial charge in [-0.05, 0) is 18.1 Å². The average Bonchev–Trinajstić information content (AvgIpc) is 3.18. The van der Waals surface area contributed by atoms with Crippen LogP contribution in [-0.2, 0) is 19.4 Å². The second kappa shape index (κ2) is 7.00. The Morgan fingerprint density at radius 3 is 3.04 bits per heavy atom. The Kier molecular flexibility index (Phi) is 4.81. The molecule has 0 saturated carbocycles. The molecule has 2 aromatic rings. The van der Waals surface area contributed by atoms with Crippen molar-refractivity contribution in [1.82, 2.24) is 15.2 Å². The molecule has 1 aliphatic heterocycles. The van der Waals surface area contributed by atoms with Crippen molar-refractivity contribution < 1.29 is 9.53 Å². The molecule has 0 saturated heterocycles. The van der Waals surface area contributed by atoms with E-state index >= 15 is 0 Å². The summed E-state index contributed by atoms with van der Waals surface area (Å²) in [5, 5.41) is 3.90. The number of amides is 2. The van der Waals surface area contributed by atoms with Gasteiger partial charge < -0.3 is 15.0 Å². The third-order valence-electron chi connectivity index (χ3n) is 3.86. The SMILES string of the molecule is CCc1cnc(CN(C)C(=O)NC[C@@H]2Cc3ccccc3O2)s1. The Hall–Kier alpha value is -2.08. The van der Waals surface area contributed by atoms with Crippen molar-refractivity contribution in [1.29, 1.82) is 0 Å². The first kappa shape index (κ1) is 15.8. The zero-order valence-electron chi connectivity index (χ0n) is 13.4. The number of aromatic nitrogens is 1. The molecule has 0 spiro atoms. The highest BCUT2D eigenvalue weighted by atomic mass is 32.1. The molecule has 5 nitrogen and oxygen atoms in total. The minimum Gasteiger partial charge on any atom is -0.488 e. The molecule has 122 valence electrons. The number of benzene rings is 1. The fourth-order valence-electron chi connectivity index (χ4n) is 2.56. The molecular formula is C17H21N3O2S. The second-order valence-corrected chi connectivity index (χ2v) is 6.87. The predicted octanol–water partition coefficient (Wildman–Crippen LogP) is 2.85. The van der Waals surface area contributed by atoms with Gasteiger partial charge in [0.05, 0.1) is 13.1 Å². The van der Waals surface area contributed by atoms with E-state index in [-0.39, 0.29) is 12.1 Å². The summed E-state index contributed by atoms with van der Waals surface area (Å²) in [5.41, 5.74) is 1.20. The van der Waals surface area contributed by atoms with Crippen molar-refractivity contribution in [3.05, 3.63) is 45.9 Å². The Morgan fingerprint density at radius 2 is 2.30 bits per heavy atom. The van der Waals surface area contributed by atoms with Gasteiger partial charge in [-0.25, -0.2) is 9.78 Å². The highest BCUT2D eigenvalue weighted by molar-refractivity contribution is 7.11. The number of para-hydroxylation sites is 1. The quantitative estimate of drug-likeness (QED) is 0.916. The zero-order valence-corrected chi connectivity index (χ0v) is 14.2. The summed E-state index contributed by atoms with van der Waals surface area (Å²) in [6, 6.07) is 7.91. The number of carbonyl (C=O) groups is 1. The lowest BCUT2D eigenvalue weighted by molar-refractivity contribution is 0.191. The van der Waals surface area contributed by atoms with Gasteiger partial charge >= 0.3 is 6.03 Å². The normalized spacial score (nSPS) is 15.8. The van der Waals surface area contributed by atoms with E-state index in [0.717, 1.165) is 23.6 Å². The third-order valence-corrected chi connectivity index (χ3v) is 4.99. The van der Waals surface area contributed by atoms with Crippen molar-refractivity contribution in [2.45, 2.75) is 32.4 Å². The first-order chi connectivity index (χ1) is 11.2. The van der Waals surface area contributed by atoms with Crippen LogP contribution < -0.4 is 10.1 Å². The molecule has 0 aliphatic carbocycles. The van der Waals surface area contributed by atoms with Gasteiger partial charge in [0.1, 0.15) is 16.9 Å². The maximum absolute atomic E-state index is 12.2. The van der Waals surface area contributed by atoms with Crippen molar-refractivity contribution >= 4 is 17.4 Å². The number of nitrogens with zero attached hydrogens (tertiary/aromatic N) is 2. The highest BCUT2D eigenvalue weighted by Crippen LogP contribution is 2.27. The fraction of sp³-hybridized carbons (Fsp3) is 0.412. The van der Waals surface area contributed by atoms with Gasteiger partial charge in [0, 0.05) is 24.5 Å². The molecule has 1 N–H and O–H groups in total. The fourth-order valence-corrected chi connectivity index (χ4v) is 3.48. The smallest absolute Gasteiger partial charge is 0.317 e. The largest absolute Gasteiger partial charge is 0.488 e. The number of rotatable bonds is 5. The molecule has 1 aromatic heterocycles. The molecule has 1 aromatic carbocycles. The molecule has 6 heteroatoms. The molecule has 1 aliphatic rings. The molecule has 3 rings (SSSR count). The Morgan fingerprint density at radius 1 is 1.48 bits per heavy atom. The van der Waals surface area contributed by atoms with Crippen LogP contribution in [-0.4, -0.2) is 35.6 Å². The summed E-state index contributed by atoms with van der Waals surface area (Å²) in [4.78, 5) is 19.4. The van der Waals surface area contributed by atoms with Crippen molar-refractivity contribution in [2.24, 2.45) is 0 Å². The van der Waals surface area contributed by atoms with Crippen LogP contribution in [0.2, 0.25) is 0 Å². The van der Waals surface area contributed by atoms with E-state index in [4.69, 9.17) is 4.74 Å². The zero-order chi connectivity index (χ0) is 16.2. The van der Waals surface area contributed by atoms with Crippen molar-refractivity contribution in [2.75, 3.05) is 13.6 Å². The molecular weight excluding hydrogens is 310 g/mol. The van der Waals surface area contributed by atoms with Gasteiger partial charge in [-0.1, -0.05) is 25.1 Å². The van der Waals surface area contributed by atoms with Gasteiger partial charge in [-0.15, -0.1) is 11.3 Å². The summed E-state index contributed by atoms with van der Waals surface area (Å²) in [5.74, 6) is 0.926. The van der Waals surface area contributed by atoms with E-state index in [1.807, 2.05) is 24.4 Å². The summed E-state index contributed by atoms with van der Waals surface area (Å²) in [6.45, 7) is 3.14. The number of hydrogen-bond acceptors (Lipinski definition) is 4. The number of carbonyl (C=O) groups excluding carboxylic acids is 1. The van der Waals surface area contributed by atoms with E-state index in [0.29, 0.717) is 13.1 Å². The van der Waals surface area contributed by atoms with Crippen LogP contribution in [0.15, 0.2) is 30.5 Å².